The lowest BCUT2D eigenvalue weighted by Crippen LogP contribution is -2.32. The molecule has 0 aromatic carbocycles. The molecule has 2 aliphatic rings. The molecule has 0 unspecified atom stereocenters. The summed E-state index contributed by atoms with van der Waals surface area (Å²) in [5.41, 5.74) is 4.26. The first-order chi connectivity index (χ1) is 13.6. The van der Waals surface area contributed by atoms with E-state index in [0.717, 1.165) is 75.7 Å². The van der Waals surface area contributed by atoms with Crippen LogP contribution in [0.2, 0.25) is 0 Å². The van der Waals surface area contributed by atoms with Crippen LogP contribution in [0.15, 0.2) is 9.90 Å². The third-order valence-corrected chi connectivity index (χ3v) is 6.94. The Balaban J connectivity index is 1.32. The van der Waals surface area contributed by atoms with Gasteiger partial charge < -0.3 is 14.6 Å². The molecule has 28 heavy (non-hydrogen) atoms. The van der Waals surface area contributed by atoms with Crippen LogP contribution < -0.4 is 5.32 Å². The number of thiophene rings is 1. The molecule has 2 aliphatic heterocycles. The lowest BCUT2D eigenvalue weighted by Gasteiger charge is -2.27. The molecule has 0 radical (unpaired) electrons. The van der Waals surface area contributed by atoms with E-state index in [-0.39, 0.29) is 5.91 Å². The Hall–Kier alpha value is -1.70. The summed E-state index contributed by atoms with van der Waals surface area (Å²) in [6, 6.07) is 0. The molecule has 0 aliphatic carbocycles. The van der Waals surface area contributed by atoms with E-state index in [1.807, 2.05) is 19.2 Å². The van der Waals surface area contributed by atoms with Crippen LogP contribution in [0, 0.1) is 19.8 Å². The summed E-state index contributed by atoms with van der Waals surface area (Å²) >= 11 is 1.71. The second-order valence-corrected chi connectivity index (χ2v) is 8.91. The van der Waals surface area contributed by atoms with E-state index in [1.165, 1.54) is 22.4 Å². The largest absolute Gasteiger partial charge is 0.381 e. The Morgan fingerprint density at radius 2 is 2.32 bits per heavy atom. The Bertz CT molecular complexity index is 803. The Labute approximate surface area is 170 Å². The molecule has 0 saturated carbocycles. The number of amides is 1. The maximum Gasteiger partial charge on any atom is 0.252 e. The van der Waals surface area contributed by atoms with E-state index in [9.17, 15) is 4.79 Å². The number of hydrogen-bond donors (Lipinski definition) is 1. The van der Waals surface area contributed by atoms with Crippen molar-refractivity contribution in [2.75, 3.05) is 26.3 Å². The summed E-state index contributed by atoms with van der Waals surface area (Å²) < 4.78 is 10.8. The number of fused-ring (bicyclic) bond motifs is 1. The summed E-state index contributed by atoms with van der Waals surface area (Å²) in [4.78, 5) is 16.4. The number of aromatic nitrogens is 1. The topological polar surface area (TPSA) is 67.6 Å². The molecule has 152 valence electrons. The minimum Gasteiger partial charge on any atom is -0.381 e. The normalized spacial score (nSPS) is 20.1. The van der Waals surface area contributed by atoms with Gasteiger partial charge in [-0.15, -0.1) is 11.3 Å². The van der Waals surface area contributed by atoms with Gasteiger partial charge in [0.1, 0.15) is 5.76 Å². The van der Waals surface area contributed by atoms with E-state index < -0.39 is 0 Å². The van der Waals surface area contributed by atoms with Crippen molar-refractivity contribution in [3.63, 3.8) is 0 Å². The maximum atomic E-state index is 12.7. The second kappa shape index (κ2) is 8.76. The van der Waals surface area contributed by atoms with Crippen molar-refractivity contribution in [2.45, 2.75) is 52.6 Å². The Kier molecular flexibility index (Phi) is 6.13. The molecule has 1 amide bonds. The standard InChI is InChI=1S/C21H29N3O3S/c1-14-18(15(2)27-23-14)10-24-8-6-17-19(13-28-20(17)11-24)21(25)22-7-5-16-4-3-9-26-12-16/h13,16H,3-12H2,1-2H3,(H,22,25)/t16-/m1/s1. The van der Waals surface area contributed by atoms with Crippen LogP contribution in [0.3, 0.4) is 0 Å². The van der Waals surface area contributed by atoms with Crippen molar-refractivity contribution < 1.29 is 14.1 Å². The van der Waals surface area contributed by atoms with E-state index in [0.29, 0.717) is 5.92 Å². The molecule has 2 aromatic heterocycles. The van der Waals surface area contributed by atoms with Crippen molar-refractivity contribution in [3.8, 4) is 0 Å². The lowest BCUT2D eigenvalue weighted by atomic mass is 9.98. The highest BCUT2D eigenvalue weighted by atomic mass is 32.1. The second-order valence-electron chi connectivity index (χ2n) is 7.94. The maximum absolute atomic E-state index is 12.7. The number of nitrogens with zero attached hydrogens (tertiary/aromatic N) is 2. The molecule has 1 fully saturated rings. The van der Waals surface area contributed by atoms with Gasteiger partial charge >= 0.3 is 0 Å². The summed E-state index contributed by atoms with van der Waals surface area (Å²) in [6.45, 7) is 9.11. The number of carbonyl (C=O) groups excluding carboxylic acids is 1. The highest BCUT2D eigenvalue weighted by Gasteiger charge is 2.25. The van der Waals surface area contributed by atoms with E-state index in [2.05, 4.69) is 15.4 Å². The van der Waals surface area contributed by atoms with Gasteiger partial charge in [0.15, 0.2) is 0 Å². The molecule has 7 heteroatoms. The average Bonchev–Trinajstić information content (AvgIpc) is 3.27. The van der Waals surface area contributed by atoms with Crippen molar-refractivity contribution in [1.82, 2.24) is 15.4 Å². The molecule has 1 saturated heterocycles. The zero-order valence-electron chi connectivity index (χ0n) is 16.8. The predicted octanol–water partition coefficient (Wildman–Crippen LogP) is 3.46. The van der Waals surface area contributed by atoms with Gasteiger partial charge in [-0.2, -0.15) is 0 Å². The molecule has 2 aromatic rings. The Morgan fingerprint density at radius 1 is 1.43 bits per heavy atom. The van der Waals surface area contributed by atoms with Crippen molar-refractivity contribution >= 4 is 17.2 Å². The SMILES string of the molecule is Cc1noc(C)c1CN1CCc2c(C(=O)NCC[C@H]3CCCOC3)csc2C1. The molecule has 1 atom stereocenters. The van der Waals surface area contributed by atoms with Crippen LogP contribution in [-0.4, -0.2) is 42.3 Å². The molecule has 0 bridgehead atoms. The van der Waals surface area contributed by atoms with Gasteiger partial charge in [0.25, 0.3) is 5.91 Å². The fourth-order valence-corrected chi connectivity index (χ4v) is 5.30. The minimum absolute atomic E-state index is 0.0772. The highest BCUT2D eigenvalue weighted by Crippen LogP contribution is 2.30. The Morgan fingerprint density at radius 3 is 3.07 bits per heavy atom. The monoisotopic (exact) mass is 403 g/mol. The molecule has 6 nitrogen and oxygen atoms in total. The highest BCUT2D eigenvalue weighted by molar-refractivity contribution is 7.10. The number of carbonyl (C=O) groups is 1. The third-order valence-electron chi connectivity index (χ3n) is 5.93. The van der Waals surface area contributed by atoms with E-state index >= 15 is 0 Å². The molecular formula is C21H29N3O3S. The number of hydrogen-bond acceptors (Lipinski definition) is 6. The number of ether oxygens (including phenoxy) is 1. The van der Waals surface area contributed by atoms with Gasteiger partial charge in [-0.1, -0.05) is 5.16 Å². The van der Waals surface area contributed by atoms with E-state index in [4.69, 9.17) is 9.26 Å². The molecular weight excluding hydrogens is 374 g/mol. The fraction of sp³-hybridized carbons (Fsp3) is 0.619. The zero-order chi connectivity index (χ0) is 19.5. The lowest BCUT2D eigenvalue weighted by molar-refractivity contribution is 0.0514. The van der Waals surface area contributed by atoms with Crippen LogP contribution in [0.1, 0.15) is 57.1 Å². The number of nitrogens with one attached hydrogen (secondary N) is 1. The van der Waals surface area contributed by atoms with Gasteiger partial charge in [0.05, 0.1) is 11.3 Å². The van der Waals surface area contributed by atoms with Crippen LogP contribution in [0.4, 0.5) is 0 Å². The molecule has 4 heterocycles. The first kappa shape index (κ1) is 19.6. The van der Waals surface area contributed by atoms with E-state index in [1.54, 1.807) is 11.3 Å². The van der Waals surface area contributed by atoms with Crippen LogP contribution in [0.25, 0.3) is 0 Å². The van der Waals surface area contributed by atoms with Crippen molar-refractivity contribution in [3.05, 3.63) is 38.4 Å². The molecule has 0 spiro atoms. The van der Waals surface area contributed by atoms with Crippen LogP contribution in [0.5, 0.6) is 0 Å². The average molecular weight is 404 g/mol. The minimum atomic E-state index is 0.0772. The van der Waals surface area contributed by atoms with Gasteiger partial charge in [-0.05, 0) is 51.0 Å². The summed E-state index contributed by atoms with van der Waals surface area (Å²) in [5, 5.41) is 9.21. The van der Waals surface area contributed by atoms with Crippen LogP contribution in [-0.2, 0) is 24.2 Å². The van der Waals surface area contributed by atoms with Crippen molar-refractivity contribution in [1.29, 1.82) is 0 Å². The molecule has 4 rings (SSSR count). The summed E-state index contributed by atoms with van der Waals surface area (Å²) in [6.07, 6.45) is 4.27. The summed E-state index contributed by atoms with van der Waals surface area (Å²) in [5.74, 6) is 1.56. The number of aryl methyl sites for hydroxylation is 2. The van der Waals surface area contributed by atoms with Gasteiger partial charge in [0.2, 0.25) is 0 Å². The smallest absolute Gasteiger partial charge is 0.252 e. The van der Waals surface area contributed by atoms with Crippen LogP contribution >= 0.6 is 11.3 Å². The summed E-state index contributed by atoms with van der Waals surface area (Å²) in [7, 11) is 0. The zero-order valence-corrected chi connectivity index (χ0v) is 17.6. The van der Waals surface area contributed by atoms with Gasteiger partial charge in [0, 0.05) is 55.2 Å². The first-order valence-corrected chi connectivity index (χ1v) is 11.1. The van der Waals surface area contributed by atoms with Gasteiger partial charge in [-0.25, -0.2) is 0 Å². The van der Waals surface area contributed by atoms with Crippen molar-refractivity contribution in [2.24, 2.45) is 5.92 Å². The number of rotatable bonds is 6. The fourth-order valence-electron chi connectivity index (χ4n) is 4.18. The first-order valence-electron chi connectivity index (χ1n) is 10.2. The quantitative estimate of drug-likeness (QED) is 0.800. The third kappa shape index (κ3) is 4.31. The van der Waals surface area contributed by atoms with Gasteiger partial charge in [-0.3, -0.25) is 9.69 Å². The molecule has 1 N–H and O–H groups in total. The predicted molar refractivity (Wildman–Crippen MR) is 109 cm³/mol.